The smallest absolute Gasteiger partial charge is 0.410 e. The summed E-state index contributed by atoms with van der Waals surface area (Å²) >= 11 is 1.71. The summed E-state index contributed by atoms with van der Waals surface area (Å²) in [4.78, 5) is 13.4. The Hall–Kier alpha value is -0.420. The number of amides is 1. The minimum Gasteiger partial charge on any atom is -0.444 e. The summed E-state index contributed by atoms with van der Waals surface area (Å²) in [7, 11) is 0. The molecule has 1 fully saturated rings. The molecule has 2 N–H and O–H groups in total. The maximum Gasteiger partial charge on any atom is 0.410 e. The predicted molar refractivity (Wildman–Crippen MR) is 63.1 cm³/mol. The summed E-state index contributed by atoms with van der Waals surface area (Å²) in [5, 5.41) is 0.331. The fourth-order valence-corrected chi connectivity index (χ4v) is 2.29. The largest absolute Gasteiger partial charge is 0.444 e. The highest BCUT2D eigenvalue weighted by Gasteiger charge is 2.34. The number of hydrogen-bond donors (Lipinski definition) is 1. The van der Waals surface area contributed by atoms with Crippen LogP contribution in [0.15, 0.2) is 0 Å². The molecule has 2 atom stereocenters. The standard InChI is InChI=1S/C10H20N2O2S/c1-10(2,3)14-9(13)12-5-7(11)8(6-12)15-4/h7-8H,5-6,11H2,1-4H3. The molecule has 0 spiro atoms. The van der Waals surface area contributed by atoms with E-state index in [2.05, 4.69) is 0 Å². The van der Waals surface area contributed by atoms with E-state index >= 15 is 0 Å². The molecular formula is C10H20N2O2S. The van der Waals surface area contributed by atoms with Crippen LogP contribution in [-0.4, -0.2) is 47.2 Å². The van der Waals surface area contributed by atoms with E-state index in [4.69, 9.17) is 10.5 Å². The van der Waals surface area contributed by atoms with Crippen molar-refractivity contribution in [2.75, 3.05) is 19.3 Å². The van der Waals surface area contributed by atoms with Crippen LogP contribution >= 0.6 is 11.8 Å². The van der Waals surface area contributed by atoms with Crippen LogP contribution in [-0.2, 0) is 4.74 Å². The Bertz CT molecular complexity index is 240. The number of carbonyl (C=O) groups excluding carboxylic acids is 1. The quantitative estimate of drug-likeness (QED) is 0.740. The Morgan fingerprint density at radius 1 is 1.47 bits per heavy atom. The van der Waals surface area contributed by atoms with Gasteiger partial charge < -0.3 is 15.4 Å². The van der Waals surface area contributed by atoms with Crippen molar-refractivity contribution in [2.45, 2.75) is 37.7 Å². The number of nitrogens with two attached hydrogens (primary N) is 1. The second-order valence-corrected chi connectivity index (χ2v) is 5.90. The number of carbonyl (C=O) groups is 1. The van der Waals surface area contributed by atoms with Crippen molar-refractivity contribution in [2.24, 2.45) is 5.73 Å². The van der Waals surface area contributed by atoms with E-state index in [1.54, 1.807) is 16.7 Å². The van der Waals surface area contributed by atoms with Crippen molar-refractivity contribution in [1.82, 2.24) is 4.90 Å². The zero-order valence-corrected chi connectivity index (χ0v) is 10.6. The van der Waals surface area contributed by atoms with E-state index in [9.17, 15) is 4.79 Å². The van der Waals surface area contributed by atoms with Gasteiger partial charge in [0.1, 0.15) is 5.60 Å². The van der Waals surface area contributed by atoms with E-state index < -0.39 is 5.60 Å². The van der Waals surface area contributed by atoms with Gasteiger partial charge >= 0.3 is 6.09 Å². The molecule has 1 heterocycles. The van der Waals surface area contributed by atoms with Crippen LogP contribution < -0.4 is 5.73 Å². The number of nitrogens with zero attached hydrogens (tertiary/aromatic N) is 1. The molecule has 1 amide bonds. The number of ether oxygens (including phenoxy) is 1. The monoisotopic (exact) mass is 232 g/mol. The molecule has 1 aliphatic heterocycles. The Kier molecular flexibility index (Phi) is 3.89. The minimum absolute atomic E-state index is 0.0625. The highest BCUT2D eigenvalue weighted by Crippen LogP contribution is 2.21. The first kappa shape index (κ1) is 12.6. The maximum atomic E-state index is 11.7. The lowest BCUT2D eigenvalue weighted by Crippen LogP contribution is -2.36. The number of likely N-dealkylation sites (tertiary alicyclic amines) is 1. The number of hydrogen-bond acceptors (Lipinski definition) is 4. The Morgan fingerprint density at radius 3 is 2.47 bits per heavy atom. The molecule has 0 aromatic rings. The molecule has 1 rings (SSSR count). The van der Waals surface area contributed by atoms with Gasteiger partial charge in [0.2, 0.25) is 0 Å². The number of rotatable bonds is 1. The molecule has 15 heavy (non-hydrogen) atoms. The second-order valence-electron chi connectivity index (χ2n) is 4.82. The van der Waals surface area contributed by atoms with Crippen molar-refractivity contribution in [1.29, 1.82) is 0 Å². The van der Waals surface area contributed by atoms with Gasteiger partial charge in [-0.2, -0.15) is 11.8 Å². The SMILES string of the molecule is CSC1CN(C(=O)OC(C)(C)C)CC1N. The molecular weight excluding hydrogens is 212 g/mol. The summed E-state index contributed by atoms with van der Waals surface area (Å²) in [5.74, 6) is 0. The molecule has 5 heteroatoms. The molecule has 0 aromatic carbocycles. The fraction of sp³-hybridized carbons (Fsp3) is 0.900. The lowest BCUT2D eigenvalue weighted by molar-refractivity contribution is 0.0293. The third-order valence-electron chi connectivity index (χ3n) is 2.26. The highest BCUT2D eigenvalue weighted by atomic mass is 32.2. The molecule has 0 bridgehead atoms. The maximum absolute atomic E-state index is 11.7. The van der Waals surface area contributed by atoms with Crippen LogP contribution in [0, 0.1) is 0 Å². The van der Waals surface area contributed by atoms with Gasteiger partial charge in [-0.1, -0.05) is 0 Å². The zero-order valence-electron chi connectivity index (χ0n) is 9.82. The molecule has 0 saturated carbocycles. The third-order valence-corrected chi connectivity index (χ3v) is 3.37. The molecule has 0 aliphatic carbocycles. The van der Waals surface area contributed by atoms with Crippen molar-refractivity contribution in [3.8, 4) is 0 Å². The molecule has 0 aromatic heterocycles. The normalized spacial score (nSPS) is 26.9. The lowest BCUT2D eigenvalue weighted by Gasteiger charge is -2.24. The van der Waals surface area contributed by atoms with Gasteiger partial charge in [0.05, 0.1) is 0 Å². The summed E-state index contributed by atoms with van der Waals surface area (Å²) in [6, 6.07) is 0.0625. The third kappa shape index (κ3) is 3.57. The zero-order chi connectivity index (χ0) is 11.6. The van der Waals surface area contributed by atoms with Crippen molar-refractivity contribution >= 4 is 17.9 Å². The van der Waals surface area contributed by atoms with E-state index in [1.807, 2.05) is 27.0 Å². The first-order valence-electron chi connectivity index (χ1n) is 5.10. The Balaban J connectivity index is 2.50. The molecule has 1 saturated heterocycles. The first-order chi connectivity index (χ1) is 6.83. The molecule has 1 aliphatic rings. The number of thioether (sulfide) groups is 1. The summed E-state index contributed by atoms with van der Waals surface area (Å²) in [6.45, 7) is 6.89. The topological polar surface area (TPSA) is 55.6 Å². The average molecular weight is 232 g/mol. The van der Waals surface area contributed by atoms with E-state index in [1.165, 1.54) is 0 Å². The van der Waals surface area contributed by atoms with E-state index in [-0.39, 0.29) is 12.1 Å². The molecule has 2 unspecified atom stereocenters. The first-order valence-corrected chi connectivity index (χ1v) is 6.38. The van der Waals surface area contributed by atoms with Crippen LogP contribution in [0.25, 0.3) is 0 Å². The van der Waals surface area contributed by atoms with Gasteiger partial charge in [0.15, 0.2) is 0 Å². The van der Waals surface area contributed by atoms with Gasteiger partial charge in [-0.05, 0) is 27.0 Å². The molecule has 4 nitrogen and oxygen atoms in total. The average Bonchev–Trinajstić information content (AvgIpc) is 2.43. The fourth-order valence-electron chi connectivity index (χ4n) is 1.52. The van der Waals surface area contributed by atoms with Gasteiger partial charge in [0, 0.05) is 24.4 Å². The van der Waals surface area contributed by atoms with Gasteiger partial charge in [-0.15, -0.1) is 0 Å². The predicted octanol–water partition coefficient (Wildman–Crippen LogP) is 1.30. The van der Waals surface area contributed by atoms with Crippen LogP contribution in [0.5, 0.6) is 0 Å². The van der Waals surface area contributed by atoms with E-state index in [0.717, 1.165) is 0 Å². The van der Waals surface area contributed by atoms with Gasteiger partial charge in [0.25, 0.3) is 0 Å². The van der Waals surface area contributed by atoms with Gasteiger partial charge in [-0.25, -0.2) is 4.79 Å². The Labute approximate surface area is 95.5 Å². The summed E-state index contributed by atoms with van der Waals surface area (Å²) in [5.41, 5.74) is 5.48. The highest BCUT2D eigenvalue weighted by molar-refractivity contribution is 7.99. The van der Waals surface area contributed by atoms with Crippen LogP contribution in [0.2, 0.25) is 0 Å². The van der Waals surface area contributed by atoms with Gasteiger partial charge in [-0.3, -0.25) is 0 Å². The van der Waals surface area contributed by atoms with Crippen molar-refractivity contribution < 1.29 is 9.53 Å². The van der Waals surface area contributed by atoms with Crippen LogP contribution in [0.3, 0.4) is 0 Å². The van der Waals surface area contributed by atoms with Crippen LogP contribution in [0.1, 0.15) is 20.8 Å². The molecule has 0 radical (unpaired) electrons. The lowest BCUT2D eigenvalue weighted by atomic mass is 10.2. The second kappa shape index (κ2) is 4.61. The van der Waals surface area contributed by atoms with Crippen molar-refractivity contribution in [3.63, 3.8) is 0 Å². The Morgan fingerprint density at radius 2 is 2.07 bits per heavy atom. The van der Waals surface area contributed by atoms with E-state index in [0.29, 0.717) is 18.3 Å². The minimum atomic E-state index is -0.432. The summed E-state index contributed by atoms with van der Waals surface area (Å²) in [6.07, 6.45) is 1.76. The molecule has 88 valence electrons. The van der Waals surface area contributed by atoms with Crippen LogP contribution in [0.4, 0.5) is 4.79 Å². The summed E-state index contributed by atoms with van der Waals surface area (Å²) < 4.78 is 5.28. The van der Waals surface area contributed by atoms with Crippen molar-refractivity contribution in [3.05, 3.63) is 0 Å².